The molecule has 3 rings (SSSR count). The van der Waals surface area contributed by atoms with E-state index in [-0.39, 0.29) is 35.0 Å². The van der Waals surface area contributed by atoms with Crippen molar-refractivity contribution in [3.8, 4) is 0 Å². The summed E-state index contributed by atoms with van der Waals surface area (Å²) in [5, 5.41) is 0.0787. The summed E-state index contributed by atoms with van der Waals surface area (Å²) >= 11 is 0. The van der Waals surface area contributed by atoms with Gasteiger partial charge in [-0.25, -0.2) is 0 Å². The fourth-order valence-electron chi connectivity index (χ4n) is 3.52. The van der Waals surface area contributed by atoms with Crippen molar-refractivity contribution in [2.24, 2.45) is 0 Å². The summed E-state index contributed by atoms with van der Waals surface area (Å²) in [7, 11) is 0. The molecule has 10 heteroatoms. The molecule has 2 heterocycles. The molecule has 0 bridgehead atoms. The molecule has 0 saturated carbocycles. The molecule has 0 fully saturated rings. The lowest BCUT2D eigenvalue weighted by Gasteiger charge is -2.37. The van der Waals surface area contributed by atoms with Gasteiger partial charge >= 0.3 is 23.9 Å². The Bertz CT molecular complexity index is 1010. The first-order valence-corrected chi connectivity index (χ1v) is 8.36. The van der Waals surface area contributed by atoms with Gasteiger partial charge in [-0.3, -0.25) is 9.59 Å². The quantitative estimate of drug-likeness (QED) is 0.568. The first-order chi connectivity index (χ1) is 12.8. The maximum absolute atomic E-state index is 13.8. The third-order valence-corrected chi connectivity index (χ3v) is 4.85. The number of carbonyl (C=O) groups excluding carboxylic acids is 1. The molecule has 1 aromatic carbocycles. The summed E-state index contributed by atoms with van der Waals surface area (Å²) in [4.78, 5) is 23.6. The average Bonchev–Trinajstić information content (AvgIpc) is 2.99. The summed E-state index contributed by atoms with van der Waals surface area (Å²) in [6, 6.07) is 2.59. The molecule has 1 aromatic heterocycles. The van der Waals surface area contributed by atoms with Gasteiger partial charge in [0.05, 0.1) is 5.52 Å². The highest BCUT2D eigenvalue weighted by molar-refractivity contribution is 5.87. The van der Waals surface area contributed by atoms with Crippen LogP contribution in [0.2, 0.25) is 0 Å². The van der Waals surface area contributed by atoms with Crippen molar-refractivity contribution in [1.82, 2.24) is 4.57 Å². The van der Waals surface area contributed by atoms with Crippen molar-refractivity contribution >= 4 is 16.9 Å². The maximum atomic E-state index is 13.8. The van der Waals surface area contributed by atoms with Crippen molar-refractivity contribution in [2.45, 2.75) is 51.2 Å². The largest absolute Gasteiger partial charge is 0.442 e. The zero-order valence-corrected chi connectivity index (χ0v) is 14.8. The Balaban J connectivity index is 2.41. The Labute approximate surface area is 154 Å². The number of aromatic nitrogens is 1. The van der Waals surface area contributed by atoms with Gasteiger partial charge in [0.1, 0.15) is 0 Å². The molecular formula is C18H15F6NO3. The lowest BCUT2D eigenvalue weighted by Crippen LogP contribution is -2.56. The Morgan fingerprint density at radius 2 is 1.71 bits per heavy atom. The van der Waals surface area contributed by atoms with Crippen LogP contribution in [0, 0.1) is 6.92 Å². The lowest BCUT2D eigenvalue weighted by molar-refractivity contribution is -0.377. The maximum Gasteiger partial charge on any atom is 0.442 e. The molecule has 0 N–H and O–H groups in total. The smallest absolute Gasteiger partial charge is 0.434 e. The monoisotopic (exact) mass is 407 g/mol. The van der Waals surface area contributed by atoms with Crippen molar-refractivity contribution in [3.05, 3.63) is 45.2 Å². The first-order valence-electron chi connectivity index (χ1n) is 8.36. The number of nitrogens with zero attached hydrogens (tertiary/aromatic N) is 1. The fraction of sp³-hybridized carbons (Fsp3) is 0.444. The second-order valence-corrected chi connectivity index (χ2v) is 6.60. The van der Waals surface area contributed by atoms with Crippen LogP contribution in [0.3, 0.4) is 0 Å². The highest BCUT2D eigenvalue weighted by atomic mass is 19.4. The number of hydrogen-bond donors (Lipinski definition) is 0. The van der Waals surface area contributed by atoms with E-state index in [9.17, 15) is 35.9 Å². The van der Waals surface area contributed by atoms with E-state index in [4.69, 9.17) is 0 Å². The summed E-state index contributed by atoms with van der Waals surface area (Å²) in [5.74, 6) is -1.63. The van der Waals surface area contributed by atoms with E-state index in [0.29, 0.717) is 11.6 Å². The molecule has 28 heavy (non-hydrogen) atoms. The third kappa shape index (κ3) is 2.77. The predicted octanol–water partition coefficient (Wildman–Crippen LogP) is 4.14. The van der Waals surface area contributed by atoms with Crippen LogP contribution >= 0.6 is 0 Å². The normalized spacial score (nSPS) is 14.6. The second-order valence-electron chi connectivity index (χ2n) is 6.60. The van der Waals surface area contributed by atoms with E-state index in [1.807, 2.05) is 0 Å². The van der Waals surface area contributed by atoms with Gasteiger partial charge in [-0.2, -0.15) is 26.3 Å². The highest BCUT2D eigenvalue weighted by Gasteiger charge is 2.75. The molecule has 2 aromatic rings. The van der Waals surface area contributed by atoms with Crippen LogP contribution in [0.5, 0.6) is 0 Å². The zero-order chi connectivity index (χ0) is 21.1. The summed E-state index contributed by atoms with van der Waals surface area (Å²) in [6.45, 7) is 2.67. The van der Waals surface area contributed by atoms with E-state index in [2.05, 4.69) is 4.74 Å². The summed E-state index contributed by atoms with van der Waals surface area (Å²) < 4.78 is 88.3. The molecular weight excluding hydrogens is 392 g/mol. The van der Waals surface area contributed by atoms with Crippen LogP contribution in [-0.4, -0.2) is 22.9 Å². The van der Waals surface area contributed by atoms with Gasteiger partial charge in [0.15, 0.2) is 0 Å². The fourth-order valence-corrected chi connectivity index (χ4v) is 3.52. The van der Waals surface area contributed by atoms with Crippen molar-refractivity contribution in [3.63, 3.8) is 0 Å². The van der Waals surface area contributed by atoms with Gasteiger partial charge in [-0.05, 0) is 36.6 Å². The number of carbonyl (C=O) groups is 1. The van der Waals surface area contributed by atoms with Crippen molar-refractivity contribution in [2.75, 3.05) is 0 Å². The Kier molecular flexibility index (Phi) is 4.51. The number of benzene rings is 1. The molecule has 152 valence electrons. The molecule has 4 nitrogen and oxygen atoms in total. The Morgan fingerprint density at radius 3 is 2.25 bits per heavy atom. The minimum atomic E-state index is -5.95. The van der Waals surface area contributed by atoms with Gasteiger partial charge in [0.25, 0.3) is 5.56 Å². The predicted molar refractivity (Wildman–Crippen MR) is 86.8 cm³/mol. The standard InChI is InChI=1S/C18H15F6NO3/c1-3-14(27)28-16(17(19,20)21,18(22,23)24)11-7-10-4-5-25-13(26)6-9(2)12(8-11)15(10)25/h6-8H,3-5H2,1-2H3. The van der Waals surface area contributed by atoms with Crippen LogP contribution in [0.1, 0.15) is 30.0 Å². The topological polar surface area (TPSA) is 48.3 Å². The van der Waals surface area contributed by atoms with Gasteiger partial charge < -0.3 is 9.30 Å². The molecule has 0 saturated heterocycles. The SMILES string of the molecule is CCC(=O)OC(c1cc2c3c(c1)c(C)cc(=O)n3CC2)(C(F)(F)F)C(F)(F)F. The Morgan fingerprint density at radius 1 is 1.11 bits per heavy atom. The molecule has 0 aliphatic carbocycles. The molecule has 0 radical (unpaired) electrons. The minimum absolute atomic E-state index is 0.0787. The number of hydrogen-bond acceptors (Lipinski definition) is 3. The summed E-state index contributed by atoms with van der Waals surface area (Å²) in [5.41, 5.74) is -5.71. The van der Waals surface area contributed by atoms with E-state index in [1.54, 1.807) is 0 Å². The van der Waals surface area contributed by atoms with Crippen LogP contribution in [0.4, 0.5) is 26.3 Å². The molecule has 0 atom stereocenters. The highest BCUT2D eigenvalue weighted by Crippen LogP contribution is 2.54. The average molecular weight is 407 g/mol. The van der Waals surface area contributed by atoms with Crippen molar-refractivity contribution < 1.29 is 35.9 Å². The van der Waals surface area contributed by atoms with Crippen LogP contribution in [-0.2, 0) is 28.1 Å². The summed E-state index contributed by atoms with van der Waals surface area (Å²) in [6.07, 6.45) is -12.5. The number of alkyl halides is 6. The van der Waals surface area contributed by atoms with E-state index < -0.39 is 35.9 Å². The molecule has 1 aliphatic rings. The lowest BCUT2D eigenvalue weighted by atomic mass is 9.88. The number of aryl methyl sites for hydroxylation is 3. The second kappa shape index (κ2) is 6.25. The van der Waals surface area contributed by atoms with Gasteiger partial charge in [0, 0.05) is 30.0 Å². The molecule has 0 amide bonds. The van der Waals surface area contributed by atoms with Gasteiger partial charge in [0.2, 0.25) is 0 Å². The number of halogens is 6. The van der Waals surface area contributed by atoms with E-state index in [1.165, 1.54) is 11.5 Å². The number of esters is 1. The molecule has 0 unspecified atom stereocenters. The van der Waals surface area contributed by atoms with Crippen LogP contribution in [0.25, 0.3) is 10.9 Å². The van der Waals surface area contributed by atoms with Crippen molar-refractivity contribution in [1.29, 1.82) is 0 Å². The van der Waals surface area contributed by atoms with Gasteiger partial charge in [-0.1, -0.05) is 6.92 Å². The van der Waals surface area contributed by atoms with E-state index >= 15 is 0 Å². The molecule has 0 spiro atoms. The first kappa shape index (κ1) is 20.2. The number of ether oxygens (including phenoxy) is 1. The minimum Gasteiger partial charge on any atom is -0.434 e. The van der Waals surface area contributed by atoms with Crippen LogP contribution in [0.15, 0.2) is 23.0 Å². The Hall–Kier alpha value is -2.52. The number of rotatable bonds is 3. The third-order valence-electron chi connectivity index (χ3n) is 4.85. The molecule has 1 aliphatic heterocycles. The van der Waals surface area contributed by atoms with E-state index in [0.717, 1.165) is 19.1 Å². The number of pyridine rings is 1. The zero-order valence-electron chi connectivity index (χ0n) is 14.8. The van der Waals surface area contributed by atoms with Crippen LogP contribution < -0.4 is 5.56 Å². The van der Waals surface area contributed by atoms with Gasteiger partial charge in [-0.15, -0.1) is 0 Å².